The number of aromatic amines is 1. The molecule has 5 aromatic rings. The van der Waals surface area contributed by atoms with Gasteiger partial charge in [-0.05, 0) is 49.6 Å². The molecule has 4 heterocycles. The van der Waals surface area contributed by atoms with Crippen LogP contribution in [0.5, 0.6) is 0 Å². The number of rotatable bonds is 5. The van der Waals surface area contributed by atoms with Crippen molar-refractivity contribution in [3.63, 3.8) is 0 Å². The van der Waals surface area contributed by atoms with Crippen molar-refractivity contribution in [2.75, 3.05) is 21.7 Å². The number of H-pyrrole nitrogens is 1. The summed E-state index contributed by atoms with van der Waals surface area (Å²) >= 11 is 7.36. The van der Waals surface area contributed by atoms with Crippen LogP contribution >= 0.6 is 11.6 Å². The molecule has 7 nitrogen and oxygen atoms in total. The first-order valence-electron chi connectivity index (χ1n) is 14.2. The highest BCUT2D eigenvalue weighted by Gasteiger charge is 2.32. The van der Waals surface area contributed by atoms with Crippen molar-refractivity contribution >= 4 is 44.9 Å². The molecular formula is C34H31ClN6O. The maximum Gasteiger partial charge on any atom is 0.194 e. The maximum atomic E-state index is 12.8. The van der Waals surface area contributed by atoms with Gasteiger partial charge in [-0.15, -0.1) is 0 Å². The highest BCUT2D eigenvalue weighted by Crippen LogP contribution is 2.43. The Morgan fingerprint density at radius 3 is 2.69 bits per heavy atom. The second kappa shape index (κ2) is 10.7. The van der Waals surface area contributed by atoms with Crippen LogP contribution in [0, 0.1) is 6.92 Å². The molecule has 0 radical (unpaired) electrons. The van der Waals surface area contributed by atoms with E-state index in [2.05, 4.69) is 92.4 Å². The minimum atomic E-state index is -0.267. The number of halogens is 1. The molecule has 0 unspecified atom stereocenters. The maximum absolute atomic E-state index is 12.8. The lowest BCUT2D eigenvalue weighted by molar-refractivity contribution is 0.720. The number of hydrogen-bond donors (Lipinski definition) is 2. The first-order chi connectivity index (χ1) is 20.5. The highest BCUT2D eigenvalue weighted by molar-refractivity contribution is 6.50. The van der Waals surface area contributed by atoms with E-state index in [1.807, 2.05) is 18.2 Å². The number of benzene rings is 3. The van der Waals surface area contributed by atoms with E-state index < -0.39 is 0 Å². The Kier molecular flexibility index (Phi) is 6.67. The van der Waals surface area contributed by atoms with Gasteiger partial charge in [-0.3, -0.25) is 4.79 Å². The van der Waals surface area contributed by atoms with Crippen LogP contribution in [0.3, 0.4) is 0 Å². The molecule has 0 saturated carbocycles. The zero-order valence-corrected chi connectivity index (χ0v) is 24.3. The summed E-state index contributed by atoms with van der Waals surface area (Å²) in [5.41, 5.74) is 9.89. The monoisotopic (exact) mass is 574 g/mol. The van der Waals surface area contributed by atoms with E-state index in [1.165, 1.54) is 40.3 Å². The minimum absolute atomic E-state index is 0.143. The molecule has 7 rings (SSSR count). The number of hydrogen-bond acceptors (Lipinski definition) is 6. The summed E-state index contributed by atoms with van der Waals surface area (Å²) in [4.78, 5) is 29.2. The van der Waals surface area contributed by atoms with Gasteiger partial charge < -0.3 is 20.1 Å². The topological polar surface area (TPSA) is 77.2 Å². The van der Waals surface area contributed by atoms with Crippen LogP contribution < -0.4 is 20.5 Å². The molecule has 0 aliphatic carbocycles. The predicted molar refractivity (Wildman–Crippen MR) is 171 cm³/mol. The van der Waals surface area contributed by atoms with Gasteiger partial charge in [-0.2, -0.15) is 0 Å². The summed E-state index contributed by atoms with van der Waals surface area (Å²) in [5.74, 6) is 0.473. The predicted octanol–water partition coefficient (Wildman–Crippen LogP) is 6.62. The van der Waals surface area contributed by atoms with Crippen LogP contribution in [0.15, 0.2) is 95.8 Å². The fraction of sp³-hybridized carbons (Fsp3) is 0.206. The van der Waals surface area contributed by atoms with Crippen molar-refractivity contribution in [1.29, 1.82) is 0 Å². The molecule has 210 valence electrons. The van der Waals surface area contributed by atoms with Crippen LogP contribution in [-0.2, 0) is 19.5 Å². The number of para-hydroxylation sites is 1. The highest BCUT2D eigenvalue weighted by atomic mass is 35.5. The van der Waals surface area contributed by atoms with E-state index in [9.17, 15) is 4.79 Å². The minimum Gasteiger partial charge on any atom is -0.367 e. The SMILES string of the molecule is Cc1ccc2c(c1)CN(c1cccc3c1CN(c1ccccc1)C([C@H](C)Nc1ncnc4[nH]ccc(=O)c14)=C3Cl)CC2. The average Bonchev–Trinajstić information content (AvgIpc) is 3.01. The van der Waals surface area contributed by atoms with E-state index >= 15 is 0 Å². The van der Waals surface area contributed by atoms with Crippen LogP contribution in [0.4, 0.5) is 17.2 Å². The van der Waals surface area contributed by atoms with E-state index in [0.29, 0.717) is 28.4 Å². The molecule has 0 spiro atoms. The van der Waals surface area contributed by atoms with Crippen molar-refractivity contribution in [2.45, 2.75) is 39.4 Å². The van der Waals surface area contributed by atoms with Crippen molar-refractivity contribution < 1.29 is 0 Å². The molecule has 0 bridgehead atoms. The van der Waals surface area contributed by atoms with Gasteiger partial charge in [0.1, 0.15) is 23.2 Å². The van der Waals surface area contributed by atoms with Gasteiger partial charge >= 0.3 is 0 Å². The third-order valence-electron chi connectivity index (χ3n) is 8.31. The van der Waals surface area contributed by atoms with Crippen LogP contribution in [-0.4, -0.2) is 27.5 Å². The lowest BCUT2D eigenvalue weighted by Gasteiger charge is -2.40. The number of pyridine rings is 1. The van der Waals surface area contributed by atoms with Gasteiger partial charge in [0.2, 0.25) is 0 Å². The molecule has 2 aromatic heterocycles. The van der Waals surface area contributed by atoms with Gasteiger partial charge in [0.15, 0.2) is 5.43 Å². The Hall–Kier alpha value is -4.62. The number of fused-ring (bicyclic) bond motifs is 3. The molecule has 42 heavy (non-hydrogen) atoms. The smallest absolute Gasteiger partial charge is 0.194 e. The standard InChI is InChI=1S/C34H31ClN6O/c1-21-11-12-23-14-16-40(18-24(23)17-21)28-10-6-9-26-27(28)19-41(25-7-4-3-5-8-25)32(31(26)35)22(2)39-34-30-29(42)13-15-36-33(30)37-20-38-34/h3-13,15,17,20,22H,14,16,18-19H2,1-2H3,(H2,36,37,38,39,42)/t22-/m0/s1. The normalized spacial score (nSPS) is 15.4. The molecule has 2 aliphatic heterocycles. The molecular weight excluding hydrogens is 544 g/mol. The van der Waals surface area contributed by atoms with E-state index in [-0.39, 0.29) is 11.5 Å². The Labute approximate surface area is 249 Å². The van der Waals surface area contributed by atoms with Crippen LogP contribution in [0.25, 0.3) is 16.1 Å². The second-order valence-electron chi connectivity index (χ2n) is 11.0. The lowest BCUT2D eigenvalue weighted by atomic mass is 9.93. The van der Waals surface area contributed by atoms with Crippen LogP contribution in [0.1, 0.15) is 34.7 Å². The van der Waals surface area contributed by atoms with Crippen LogP contribution in [0.2, 0.25) is 0 Å². The molecule has 3 aromatic carbocycles. The zero-order valence-electron chi connectivity index (χ0n) is 23.6. The van der Waals surface area contributed by atoms with Crippen molar-refractivity contribution in [2.24, 2.45) is 0 Å². The molecule has 0 amide bonds. The van der Waals surface area contributed by atoms with Crippen molar-refractivity contribution in [3.05, 3.63) is 129 Å². The van der Waals surface area contributed by atoms with E-state index in [4.69, 9.17) is 11.6 Å². The fourth-order valence-electron chi connectivity index (χ4n) is 6.29. The molecule has 0 saturated heterocycles. The summed E-state index contributed by atoms with van der Waals surface area (Å²) in [6, 6.07) is 24.8. The molecule has 2 aliphatic rings. The number of nitrogens with one attached hydrogen (secondary N) is 2. The first-order valence-corrected chi connectivity index (χ1v) is 14.6. The van der Waals surface area contributed by atoms with Gasteiger partial charge in [-0.25, -0.2) is 9.97 Å². The summed E-state index contributed by atoms with van der Waals surface area (Å²) in [6.45, 7) is 6.70. The van der Waals surface area contributed by atoms with Gasteiger partial charge in [0.25, 0.3) is 0 Å². The third-order valence-corrected chi connectivity index (χ3v) is 8.71. The van der Waals surface area contributed by atoms with E-state index in [0.717, 1.165) is 36.5 Å². The second-order valence-corrected chi connectivity index (χ2v) is 11.4. The van der Waals surface area contributed by atoms with Gasteiger partial charge in [0, 0.05) is 47.9 Å². The van der Waals surface area contributed by atoms with Crippen molar-refractivity contribution in [3.8, 4) is 0 Å². The molecule has 8 heteroatoms. The Morgan fingerprint density at radius 1 is 0.976 bits per heavy atom. The molecule has 2 N–H and O–H groups in total. The molecule has 1 atom stereocenters. The Balaban J connectivity index is 1.32. The number of aromatic nitrogens is 3. The third kappa shape index (κ3) is 4.60. The quantitative estimate of drug-likeness (QED) is 0.246. The number of aryl methyl sites for hydroxylation is 1. The largest absolute Gasteiger partial charge is 0.367 e. The number of anilines is 3. The van der Waals surface area contributed by atoms with E-state index in [1.54, 1.807) is 6.20 Å². The summed E-state index contributed by atoms with van der Waals surface area (Å²) in [7, 11) is 0. The number of nitrogens with zero attached hydrogens (tertiary/aromatic N) is 4. The lowest BCUT2D eigenvalue weighted by Crippen LogP contribution is -2.38. The summed E-state index contributed by atoms with van der Waals surface area (Å²) in [6.07, 6.45) is 4.07. The van der Waals surface area contributed by atoms with Crippen molar-refractivity contribution in [1.82, 2.24) is 15.0 Å². The Morgan fingerprint density at radius 2 is 1.83 bits per heavy atom. The van der Waals surface area contributed by atoms with Gasteiger partial charge in [-0.1, -0.05) is 65.7 Å². The molecule has 0 fully saturated rings. The average molecular weight is 575 g/mol. The summed E-state index contributed by atoms with van der Waals surface area (Å²) in [5, 5.41) is 4.59. The fourth-order valence-corrected chi connectivity index (χ4v) is 6.73. The van der Waals surface area contributed by atoms with Gasteiger partial charge in [0.05, 0.1) is 23.3 Å². The zero-order chi connectivity index (χ0) is 28.8. The first kappa shape index (κ1) is 26.3. The Bertz CT molecular complexity index is 1900. The summed E-state index contributed by atoms with van der Waals surface area (Å²) < 4.78 is 0.